The molecule has 1 aromatic rings. The summed E-state index contributed by atoms with van der Waals surface area (Å²) >= 11 is 0. The lowest BCUT2D eigenvalue weighted by Crippen LogP contribution is -2.44. The number of carbonyl (C=O) groups excluding carboxylic acids is 2. The number of hydrogen-bond donors (Lipinski definition) is 2. The van der Waals surface area contributed by atoms with Gasteiger partial charge in [0.25, 0.3) is 0 Å². The van der Waals surface area contributed by atoms with Crippen LogP contribution in [-0.4, -0.2) is 17.9 Å². The van der Waals surface area contributed by atoms with Crippen LogP contribution in [0.3, 0.4) is 0 Å². The van der Waals surface area contributed by atoms with Gasteiger partial charge in [0.2, 0.25) is 11.8 Å². The van der Waals surface area contributed by atoms with Gasteiger partial charge >= 0.3 is 0 Å². The Bertz CT molecular complexity index is 460. The van der Waals surface area contributed by atoms with E-state index in [-0.39, 0.29) is 5.91 Å². The first-order chi connectivity index (χ1) is 8.02. The average molecular weight is 231 g/mol. The van der Waals surface area contributed by atoms with Gasteiger partial charge in [-0.3, -0.25) is 9.59 Å². The minimum atomic E-state index is -0.722. The summed E-state index contributed by atoms with van der Waals surface area (Å²) in [6.07, 6.45) is 0.320. The van der Waals surface area contributed by atoms with Crippen LogP contribution >= 0.6 is 0 Å². The van der Waals surface area contributed by atoms with Gasteiger partial charge in [0, 0.05) is 13.3 Å². The van der Waals surface area contributed by atoms with Crippen molar-refractivity contribution in [1.29, 1.82) is 5.26 Å². The van der Waals surface area contributed by atoms with Crippen molar-refractivity contribution in [3.63, 3.8) is 0 Å². The summed E-state index contributed by atoms with van der Waals surface area (Å²) < 4.78 is 0. The Morgan fingerprint density at radius 2 is 2.00 bits per heavy atom. The number of carbonyl (C=O) groups is 2. The maximum absolute atomic E-state index is 11.1. The number of nitrogens with zero attached hydrogens (tertiary/aromatic N) is 1. The van der Waals surface area contributed by atoms with Crippen molar-refractivity contribution in [2.24, 2.45) is 5.73 Å². The molecule has 17 heavy (non-hydrogen) atoms. The van der Waals surface area contributed by atoms with E-state index in [1.54, 1.807) is 24.3 Å². The van der Waals surface area contributed by atoms with Gasteiger partial charge in [0.05, 0.1) is 11.6 Å². The van der Waals surface area contributed by atoms with Crippen LogP contribution < -0.4 is 11.1 Å². The molecule has 0 fully saturated rings. The van der Waals surface area contributed by atoms with Crippen molar-refractivity contribution < 1.29 is 9.59 Å². The smallest absolute Gasteiger partial charge is 0.240 e. The summed E-state index contributed by atoms with van der Waals surface area (Å²) in [4.78, 5) is 22.0. The highest BCUT2D eigenvalue weighted by atomic mass is 16.2. The molecule has 0 aromatic heterocycles. The average Bonchev–Trinajstić information content (AvgIpc) is 2.28. The van der Waals surface area contributed by atoms with Crippen molar-refractivity contribution in [1.82, 2.24) is 5.32 Å². The third-order valence-corrected chi connectivity index (χ3v) is 2.24. The lowest BCUT2D eigenvalue weighted by molar-refractivity contribution is -0.126. The Morgan fingerprint density at radius 1 is 1.41 bits per heavy atom. The molecule has 5 nitrogen and oxygen atoms in total. The predicted molar refractivity (Wildman–Crippen MR) is 61.7 cm³/mol. The molecule has 0 radical (unpaired) electrons. The minimum absolute atomic E-state index is 0.303. The molecule has 1 aromatic carbocycles. The van der Waals surface area contributed by atoms with E-state index in [9.17, 15) is 9.59 Å². The molecule has 0 saturated heterocycles. The molecule has 1 atom stereocenters. The predicted octanol–water partition coefficient (Wildman–Crippen LogP) is 0.0908. The van der Waals surface area contributed by atoms with Gasteiger partial charge in [-0.2, -0.15) is 5.26 Å². The third kappa shape index (κ3) is 3.95. The largest absolute Gasteiger partial charge is 0.368 e. The molecular weight excluding hydrogens is 218 g/mol. The van der Waals surface area contributed by atoms with Gasteiger partial charge < -0.3 is 11.1 Å². The fourth-order valence-corrected chi connectivity index (χ4v) is 1.42. The lowest BCUT2D eigenvalue weighted by Gasteiger charge is -2.14. The lowest BCUT2D eigenvalue weighted by atomic mass is 10.0. The maximum atomic E-state index is 11.1. The van der Waals surface area contributed by atoms with E-state index in [2.05, 4.69) is 5.32 Å². The van der Waals surface area contributed by atoms with Crippen molar-refractivity contribution in [3.8, 4) is 6.07 Å². The highest BCUT2D eigenvalue weighted by Gasteiger charge is 2.16. The normalized spacial score (nSPS) is 11.3. The van der Waals surface area contributed by atoms with E-state index in [1.807, 2.05) is 6.07 Å². The quantitative estimate of drug-likeness (QED) is 0.768. The number of rotatable bonds is 4. The van der Waals surface area contributed by atoms with Gasteiger partial charge in [0.15, 0.2) is 0 Å². The second-order valence-corrected chi connectivity index (χ2v) is 3.67. The number of nitrogens with two attached hydrogens (primary N) is 1. The Labute approximate surface area is 99.2 Å². The zero-order valence-corrected chi connectivity index (χ0v) is 9.43. The maximum Gasteiger partial charge on any atom is 0.240 e. The van der Waals surface area contributed by atoms with Crippen molar-refractivity contribution >= 4 is 11.8 Å². The van der Waals surface area contributed by atoms with Gasteiger partial charge in [0.1, 0.15) is 6.04 Å². The Morgan fingerprint density at radius 3 is 2.41 bits per heavy atom. The van der Waals surface area contributed by atoms with Crippen LogP contribution in [0, 0.1) is 11.3 Å². The topological polar surface area (TPSA) is 96.0 Å². The molecule has 0 heterocycles. The second-order valence-electron chi connectivity index (χ2n) is 3.67. The fourth-order valence-electron chi connectivity index (χ4n) is 1.42. The Balaban J connectivity index is 2.75. The number of amides is 2. The number of hydrogen-bond acceptors (Lipinski definition) is 3. The molecule has 2 amide bonds. The monoisotopic (exact) mass is 231 g/mol. The van der Waals surface area contributed by atoms with Crippen LogP contribution in [0.1, 0.15) is 18.1 Å². The van der Waals surface area contributed by atoms with Crippen molar-refractivity contribution in [3.05, 3.63) is 35.4 Å². The standard InChI is InChI=1S/C12H13N3O2/c1-8(16)15-11(12(14)17)6-9-2-4-10(7-13)5-3-9/h2-5,11H,6H2,1H3,(H2,14,17)(H,15,16)/t11-/m1/s1. The third-order valence-electron chi connectivity index (χ3n) is 2.24. The summed E-state index contributed by atoms with van der Waals surface area (Å²) in [6.45, 7) is 1.33. The van der Waals surface area contributed by atoms with Crippen LogP contribution in [0.5, 0.6) is 0 Å². The highest BCUT2D eigenvalue weighted by molar-refractivity contribution is 5.85. The van der Waals surface area contributed by atoms with Crippen molar-refractivity contribution in [2.75, 3.05) is 0 Å². The first-order valence-electron chi connectivity index (χ1n) is 5.08. The molecule has 5 heteroatoms. The van der Waals surface area contributed by atoms with E-state index in [0.717, 1.165) is 5.56 Å². The van der Waals surface area contributed by atoms with Crippen LogP contribution in [0.2, 0.25) is 0 Å². The summed E-state index contributed by atoms with van der Waals surface area (Å²) in [5.74, 6) is -0.882. The molecule has 0 unspecified atom stereocenters. The fraction of sp³-hybridized carbons (Fsp3) is 0.250. The molecule has 88 valence electrons. The number of nitriles is 1. The van der Waals surface area contributed by atoms with E-state index in [0.29, 0.717) is 12.0 Å². The molecule has 0 aliphatic heterocycles. The highest BCUT2D eigenvalue weighted by Crippen LogP contribution is 2.06. The van der Waals surface area contributed by atoms with Crippen molar-refractivity contribution in [2.45, 2.75) is 19.4 Å². The molecule has 3 N–H and O–H groups in total. The van der Waals surface area contributed by atoms with Crippen LogP contribution in [-0.2, 0) is 16.0 Å². The molecule has 0 aliphatic carbocycles. The van der Waals surface area contributed by atoms with Crippen LogP contribution in [0.25, 0.3) is 0 Å². The Kier molecular flexibility index (Phi) is 4.23. The van der Waals surface area contributed by atoms with Gasteiger partial charge in [-0.1, -0.05) is 12.1 Å². The molecule has 0 aliphatic rings. The zero-order chi connectivity index (χ0) is 12.8. The van der Waals surface area contributed by atoms with Crippen LogP contribution in [0.4, 0.5) is 0 Å². The summed E-state index contributed by atoms with van der Waals surface area (Å²) in [5.41, 5.74) is 6.56. The summed E-state index contributed by atoms with van der Waals surface area (Å²) in [5, 5.41) is 11.1. The van der Waals surface area contributed by atoms with Gasteiger partial charge in [-0.15, -0.1) is 0 Å². The molecule has 1 rings (SSSR count). The van der Waals surface area contributed by atoms with E-state index in [1.165, 1.54) is 6.92 Å². The summed E-state index contributed by atoms with van der Waals surface area (Å²) in [7, 11) is 0. The number of benzene rings is 1. The number of primary amides is 1. The minimum Gasteiger partial charge on any atom is -0.368 e. The summed E-state index contributed by atoms with van der Waals surface area (Å²) in [6, 6.07) is 8.05. The van der Waals surface area contributed by atoms with Crippen LogP contribution in [0.15, 0.2) is 24.3 Å². The van der Waals surface area contributed by atoms with E-state index >= 15 is 0 Å². The van der Waals surface area contributed by atoms with E-state index < -0.39 is 11.9 Å². The molecule has 0 saturated carbocycles. The molecule has 0 bridgehead atoms. The first-order valence-corrected chi connectivity index (χ1v) is 5.08. The SMILES string of the molecule is CC(=O)N[C@H](Cc1ccc(C#N)cc1)C(N)=O. The molecule has 0 spiro atoms. The molecular formula is C12H13N3O2. The Hall–Kier alpha value is -2.35. The van der Waals surface area contributed by atoms with Gasteiger partial charge in [-0.25, -0.2) is 0 Å². The zero-order valence-electron chi connectivity index (χ0n) is 9.43. The first kappa shape index (κ1) is 12.7. The van der Waals surface area contributed by atoms with E-state index in [4.69, 9.17) is 11.0 Å². The number of nitrogens with one attached hydrogen (secondary N) is 1. The second kappa shape index (κ2) is 5.66. The van der Waals surface area contributed by atoms with Gasteiger partial charge in [-0.05, 0) is 17.7 Å².